The zero-order chi connectivity index (χ0) is 19.0. The molecule has 4 unspecified atom stereocenters. The Bertz CT molecular complexity index is 820. The minimum Gasteiger partial charge on any atom is -0.326 e. The lowest BCUT2D eigenvalue weighted by Gasteiger charge is -2.26. The molecule has 2 aromatic carbocycles. The van der Waals surface area contributed by atoms with E-state index in [1.165, 1.54) is 0 Å². The van der Waals surface area contributed by atoms with Gasteiger partial charge in [0.1, 0.15) is 0 Å². The van der Waals surface area contributed by atoms with E-state index in [1.54, 1.807) is 48.5 Å². The average Bonchev–Trinajstić information content (AvgIpc) is 3.27. The average molecular weight is 401 g/mol. The summed E-state index contributed by atoms with van der Waals surface area (Å²) in [6.45, 7) is 0. The number of anilines is 2. The molecule has 0 aromatic heterocycles. The van der Waals surface area contributed by atoms with Crippen LogP contribution in [0.5, 0.6) is 0 Å². The smallest absolute Gasteiger partial charge is 0.228 e. The van der Waals surface area contributed by atoms with Crippen LogP contribution in [0.2, 0.25) is 10.0 Å². The zero-order valence-corrected chi connectivity index (χ0v) is 15.9. The Morgan fingerprint density at radius 1 is 0.704 bits per heavy atom. The summed E-state index contributed by atoms with van der Waals surface area (Å²) < 4.78 is 0. The Labute approximate surface area is 167 Å². The molecule has 2 N–H and O–H groups in total. The summed E-state index contributed by atoms with van der Waals surface area (Å²) in [5.41, 5.74) is 1.35. The normalized spacial score (nSPS) is 25.4. The first-order chi connectivity index (χ1) is 13.0. The van der Waals surface area contributed by atoms with Gasteiger partial charge in [-0.05, 0) is 66.8 Å². The first-order valence-corrected chi connectivity index (χ1v) is 9.58. The first kappa shape index (κ1) is 18.1. The fraction of sp³-hybridized carbons (Fsp3) is 0.238. The summed E-state index contributed by atoms with van der Waals surface area (Å²) in [6, 6.07) is 13.9. The number of halogens is 2. The van der Waals surface area contributed by atoms with Crippen molar-refractivity contribution in [3.63, 3.8) is 0 Å². The molecule has 2 aromatic rings. The molecule has 4 nitrogen and oxygen atoms in total. The van der Waals surface area contributed by atoms with E-state index in [4.69, 9.17) is 23.2 Å². The number of hydrogen-bond donors (Lipinski definition) is 2. The van der Waals surface area contributed by atoms with Gasteiger partial charge >= 0.3 is 0 Å². The molecule has 1 saturated carbocycles. The lowest BCUT2D eigenvalue weighted by Crippen LogP contribution is -2.39. The fourth-order valence-corrected chi connectivity index (χ4v) is 4.31. The van der Waals surface area contributed by atoms with Gasteiger partial charge in [-0.15, -0.1) is 0 Å². The molecule has 0 aliphatic heterocycles. The van der Waals surface area contributed by atoms with Crippen LogP contribution in [-0.2, 0) is 9.59 Å². The Kier molecular flexibility index (Phi) is 4.94. The van der Waals surface area contributed by atoms with Crippen LogP contribution in [0.1, 0.15) is 6.42 Å². The highest BCUT2D eigenvalue weighted by Crippen LogP contribution is 2.48. The maximum atomic E-state index is 12.9. The second kappa shape index (κ2) is 7.37. The van der Waals surface area contributed by atoms with Crippen molar-refractivity contribution in [2.75, 3.05) is 10.6 Å². The summed E-state index contributed by atoms with van der Waals surface area (Å²) in [5.74, 6) is -0.867. The number of fused-ring (bicyclic) bond motifs is 2. The van der Waals surface area contributed by atoms with Crippen molar-refractivity contribution in [1.82, 2.24) is 0 Å². The number of rotatable bonds is 4. The number of amides is 2. The van der Waals surface area contributed by atoms with Gasteiger partial charge in [0.05, 0.1) is 11.8 Å². The van der Waals surface area contributed by atoms with Crippen molar-refractivity contribution in [1.29, 1.82) is 0 Å². The van der Waals surface area contributed by atoms with Gasteiger partial charge in [-0.1, -0.05) is 35.4 Å². The molecule has 2 bridgehead atoms. The summed E-state index contributed by atoms with van der Waals surface area (Å²) >= 11 is 11.8. The monoisotopic (exact) mass is 400 g/mol. The van der Waals surface area contributed by atoms with E-state index in [1.807, 2.05) is 0 Å². The molecule has 4 rings (SSSR count). The van der Waals surface area contributed by atoms with Gasteiger partial charge in [0.2, 0.25) is 11.8 Å². The summed E-state index contributed by atoms with van der Waals surface area (Å²) in [6.07, 6.45) is 4.95. The van der Waals surface area contributed by atoms with E-state index in [9.17, 15) is 9.59 Å². The van der Waals surface area contributed by atoms with Crippen LogP contribution < -0.4 is 10.6 Å². The number of hydrogen-bond acceptors (Lipinski definition) is 2. The van der Waals surface area contributed by atoms with Crippen molar-refractivity contribution < 1.29 is 9.59 Å². The van der Waals surface area contributed by atoms with E-state index < -0.39 is 0 Å². The fourth-order valence-electron chi connectivity index (χ4n) is 4.05. The van der Waals surface area contributed by atoms with Crippen LogP contribution >= 0.6 is 23.2 Å². The molecule has 6 heteroatoms. The molecular weight excluding hydrogens is 383 g/mol. The number of carbonyl (C=O) groups excluding carboxylic acids is 2. The SMILES string of the molecule is O=C(Nc1ccc(Cl)cc1)C1C2C=CC(C2)C1C(=O)Nc1ccc(Cl)cc1. The van der Waals surface area contributed by atoms with Gasteiger partial charge in [-0.2, -0.15) is 0 Å². The number of carbonyl (C=O) groups is 2. The van der Waals surface area contributed by atoms with E-state index in [-0.39, 0.29) is 35.5 Å². The third kappa shape index (κ3) is 3.73. The molecule has 2 aliphatic carbocycles. The Balaban J connectivity index is 1.51. The van der Waals surface area contributed by atoms with Gasteiger partial charge in [0.15, 0.2) is 0 Å². The summed E-state index contributed by atoms with van der Waals surface area (Å²) in [4.78, 5) is 25.9. The van der Waals surface area contributed by atoms with Crippen molar-refractivity contribution in [2.45, 2.75) is 6.42 Å². The molecule has 2 aliphatic rings. The van der Waals surface area contributed by atoms with Crippen molar-refractivity contribution in [2.24, 2.45) is 23.7 Å². The molecule has 0 saturated heterocycles. The van der Waals surface area contributed by atoms with Crippen LogP contribution in [0.25, 0.3) is 0 Å². The Morgan fingerprint density at radius 2 is 1.07 bits per heavy atom. The lowest BCUT2D eigenvalue weighted by molar-refractivity contribution is -0.129. The van der Waals surface area contributed by atoms with Crippen molar-refractivity contribution in [3.8, 4) is 0 Å². The maximum absolute atomic E-state index is 12.9. The molecule has 27 heavy (non-hydrogen) atoms. The standard InChI is InChI=1S/C21H18Cl2N2O2/c22-14-3-7-16(8-4-14)24-20(26)18-12-1-2-13(11-12)19(18)21(27)25-17-9-5-15(23)6-10-17/h1-10,12-13,18-19H,11H2,(H,24,26)(H,25,27). The van der Waals surface area contributed by atoms with E-state index in [2.05, 4.69) is 22.8 Å². The quantitative estimate of drug-likeness (QED) is 0.708. The molecule has 0 spiro atoms. The predicted octanol–water partition coefficient (Wildman–Crippen LogP) is 5.01. The number of allylic oxidation sites excluding steroid dienone is 2. The predicted molar refractivity (Wildman–Crippen MR) is 108 cm³/mol. The highest BCUT2D eigenvalue weighted by Gasteiger charge is 2.51. The molecule has 1 fully saturated rings. The van der Waals surface area contributed by atoms with E-state index in [0.717, 1.165) is 6.42 Å². The van der Waals surface area contributed by atoms with Crippen LogP contribution in [0.3, 0.4) is 0 Å². The largest absolute Gasteiger partial charge is 0.326 e. The Hall–Kier alpha value is -2.30. The van der Waals surface area contributed by atoms with Crippen LogP contribution in [-0.4, -0.2) is 11.8 Å². The third-order valence-corrected chi connectivity index (χ3v) is 5.79. The number of nitrogens with one attached hydrogen (secondary N) is 2. The molecule has 0 heterocycles. The highest BCUT2D eigenvalue weighted by molar-refractivity contribution is 6.31. The van der Waals surface area contributed by atoms with Crippen molar-refractivity contribution >= 4 is 46.4 Å². The van der Waals surface area contributed by atoms with E-state index >= 15 is 0 Å². The molecule has 0 radical (unpaired) electrons. The Morgan fingerprint density at radius 3 is 1.44 bits per heavy atom. The second-order valence-electron chi connectivity index (χ2n) is 6.99. The zero-order valence-electron chi connectivity index (χ0n) is 14.4. The molecule has 138 valence electrons. The molecule has 4 atom stereocenters. The third-order valence-electron chi connectivity index (χ3n) is 5.29. The van der Waals surface area contributed by atoms with Crippen molar-refractivity contribution in [3.05, 3.63) is 70.7 Å². The minimum atomic E-state index is -0.386. The van der Waals surface area contributed by atoms with Gasteiger partial charge in [0.25, 0.3) is 0 Å². The van der Waals surface area contributed by atoms with Gasteiger partial charge in [0, 0.05) is 21.4 Å². The molecular formula is C21H18Cl2N2O2. The second-order valence-corrected chi connectivity index (χ2v) is 7.87. The maximum Gasteiger partial charge on any atom is 0.228 e. The summed E-state index contributed by atoms with van der Waals surface area (Å²) in [7, 11) is 0. The highest BCUT2D eigenvalue weighted by atomic mass is 35.5. The van der Waals surface area contributed by atoms with Gasteiger partial charge in [-0.3, -0.25) is 9.59 Å². The lowest BCUT2D eigenvalue weighted by atomic mass is 9.81. The summed E-state index contributed by atoms with van der Waals surface area (Å²) in [5, 5.41) is 7.06. The van der Waals surface area contributed by atoms with Crippen LogP contribution in [0.15, 0.2) is 60.7 Å². The van der Waals surface area contributed by atoms with Crippen LogP contribution in [0.4, 0.5) is 11.4 Å². The van der Waals surface area contributed by atoms with E-state index in [0.29, 0.717) is 21.4 Å². The van der Waals surface area contributed by atoms with Gasteiger partial charge < -0.3 is 10.6 Å². The van der Waals surface area contributed by atoms with Gasteiger partial charge in [-0.25, -0.2) is 0 Å². The first-order valence-electron chi connectivity index (χ1n) is 8.82. The number of benzene rings is 2. The van der Waals surface area contributed by atoms with Crippen LogP contribution in [0, 0.1) is 23.7 Å². The minimum absolute atomic E-state index is 0.0864. The topological polar surface area (TPSA) is 58.2 Å². The molecule has 2 amide bonds.